The highest BCUT2D eigenvalue weighted by atomic mass is 16.2. The summed E-state index contributed by atoms with van der Waals surface area (Å²) in [5, 5.41) is 6.07. The molecule has 0 spiro atoms. The Balaban J connectivity index is 1.62. The van der Waals surface area contributed by atoms with E-state index < -0.39 is 0 Å². The van der Waals surface area contributed by atoms with E-state index in [1.807, 2.05) is 30.7 Å². The molecule has 1 heterocycles. The van der Waals surface area contributed by atoms with Crippen molar-refractivity contribution in [3.05, 3.63) is 48.5 Å². The molecule has 2 atom stereocenters. The SMILES string of the molecule is CC(C)c1cccc(NC(=O)N[C@@H]2CCC[C@@H]2n2ccnc2)c1. The van der Waals surface area contributed by atoms with Crippen LogP contribution in [-0.2, 0) is 0 Å². The van der Waals surface area contributed by atoms with Crippen molar-refractivity contribution >= 4 is 11.7 Å². The largest absolute Gasteiger partial charge is 0.333 e. The zero-order chi connectivity index (χ0) is 16.2. The van der Waals surface area contributed by atoms with E-state index in [-0.39, 0.29) is 12.1 Å². The summed E-state index contributed by atoms with van der Waals surface area (Å²) in [5.41, 5.74) is 2.06. The van der Waals surface area contributed by atoms with Gasteiger partial charge in [0.2, 0.25) is 0 Å². The maximum absolute atomic E-state index is 12.3. The molecule has 1 fully saturated rings. The lowest BCUT2D eigenvalue weighted by Crippen LogP contribution is -2.40. The van der Waals surface area contributed by atoms with Gasteiger partial charge in [-0.25, -0.2) is 9.78 Å². The average Bonchev–Trinajstić information content (AvgIpc) is 3.18. The van der Waals surface area contributed by atoms with Crippen LogP contribution in [0.1, 0.15) is 50.6 Å². The predicted octanol–water partition coefficient (Wildman–Crippen LogP) is 3.92. The van der Waals surface area contributed by atoms with Crippen LogP contribution in [0.5, 0.6) is 0 Å². The van der Waals surface area contributed by atoms with Crippen molar-refractivity contribution in [3.8, 4) is 0 Å². The third-order valence-corrected chi connectivity index (χ3v) is 4.51. The van der Waals surface area contributed by atoms with Gasteiger partial charge in [-0.2, -0.15) is 0 Å². The lowest BCUT2D eigenvalue weighted by molar-refractivity contribution is 0.245. The number of nitrogens with one attached hydrogen (secondary N) is 2. The first-order chi connectivity index (χ1) is 11.1. The summed E-state index contributed by atoms with van der Waals surface area (Å²) >= 11 is 0. The highest BCUT2D eigenvalue weighted by molar-refractivity contribution is 5.89. The Kier molecular flexibility index (Phi) is 4.65. The molecule has 1 aliphatic carbocycles. The van der Waals surface area contributed by atoms with Crippen molar-refractivity contribution < 1.29 is 4.79 Å². The van der Waals surface area contributed by atoms with E-state index in [0.29, 0.717) is 12.0 Å². The van der Waals surface area contributed by atoms with Crippen LogP contribution in [-0.4, -0.2) is 21.6 Å². The second-order valence-electron chi connectivity index (χ2n) is 6.49. The first kappa shape index (κ1) is 15.6. The van der Waals surface area contributed by atoms with Crippen molar-refractivity contribution in [2.24, 2.45) is 0 Å². The van der Waals surface area contributed by atoms with E-state index in [4.69, 9.17) is 0 Å². The molecule has 23 heavy (non-hydrogen) atoms. The van der Waals surface area contributed by atoms with Gasteiger partial charge in [0.15, 0.2) is 0 Å². The Hall–Kier alpha value is -2.30. The van der Waals surface area contributed by atoms with Crippen LogP contribution in [0.3, 0.4) is 0 Å². The molecule has 5 heteroatoms. The van der Waals surface area contributed by atoms with Crippen LogP contribution in [0.4, 0.5) is 10.5 Å². The average molecular weight is 312 g/mol. The molecule has 1 aromatic heterocycles. The van der Waals surface area contributed by atoms with Crippen molar-refractivity contribution in [2.75, 3.05) is 5.32 Å². The Morgan fingerprint density at radius 1 is 1.35 bits per heavy atom. The zero-order valence-electron chi connectivity index (χ0n) is 13.7. The van der Waals surface area contributed by atoms with Crippen LogP contribution < -0.4 is 10.6 Å². The van der Waals surface area contributed by atoms with Gasteiger partial charge in [-0.15, -0.1) is 0 Å². The lowest BCUT2D eigenvalue weighted by atomic mass is 10.0. The van der Waals surface area contributed by atoms with Gasteiger partial charge in [0.1, 0.15) is 0 Å². The fourth-order valence-corrected chi connectivity index (χ4v) is 3.24. The monoisotopic (exact) mass is 312 g/mol. The van der Waals surface area contributed by atoms with Crippen LogP contribution in [0.15, 0.2) is 43.0 Å². The number of anilines is 1. The molecule has 2 amide bonds. The maximum Gasteiger partial charge on any atom is 0.319 e. The second-order valence-corrected chi connectivity index (χ2v) is 6.49. The molecule has 0 bridgehead atoms. The minimum Gasteiger partial charge on any atom is -0.333 e. The molecule has 2 aromatic rings. The van der Waals surface area contributed by atoms with Crippen LogP contribution in [0.25, 0.3) is 0 Å². The number of urea groups is 1. The van der Waals surface area contributed by atoms with Gasteiger partial charge in [0, 0.05) is 18.1 Å². The van der Waals surface area contributed by atoms with Crippen molar-refractivity contribution in [1.29, 1.82) is 0 Å². The number of carbonyl (C=O) groups excluding carboxylic acids is 1. The smallest absolute Gasteiger partial charge is 0.319 e. The Labute approximate surface area is 137 Å². The molecule has 1 saturated carbocycles. The number of nitrogens with zero attached hydrogens (tertiary/aromatic N) is 2. The summed E-state index contributed by atoms with van der Waals surface area (Å²) in [5.74, 6) is 0.445. The minimum absolute atomic E-state index is 0.136. The third kappa shape index (κ3) is 3.73. The summed E-state index contributed by atoms with van der Waals surface area (Å²) in [7, 11) is 0. The summed E-state index contributed by atoms with van der Waals surface area (Å²) < 4.78 is 2.09. The second kappa shape index (κ2) is 6.86. The fraction of sp³-hybridized carbons (Fsp3) is 0.444. The Morgan fingerprint density at radius 2 is 2.22 bits per heavy atom. The third-order valence-electron chi connectivity index (χ3n) is 4.51. The van der Waals surface area contributed by atoms with Gasteiger partial charge >= 0.3 is 6.03 Å². The molecule has 122 valence electrons. The van der Waals surface area contributed by atoms with Gasteiger partial charge in [0.25, 0.3) is 0 Å². The van der Waals surface area contributed by atoms with Crippen molar-refractivity contribution in [3.63, 3.8) is 0 Å². The first-order valence-electron chi connectivity index (χ1n) is 8.28. The highest BCUT2D eigenvalue weighted by Crippen LogP contribution is 2.30. The Bertz CT molecular complexity index is 651. The first-order valence-corrected chi connectivity index (χ1v) is 8.28. The van der Waals surface area contributed by atoms with E-state index in [2.05, 4.69) is 40.1 Å². The Morgan fingerprint density at radius 3 is 2.96 bits per heavy atom. The van der Waals surface area contributed by atoms with Gasteiger partial charge in [-0.05, 0) is 42.9 Å². The number of rotatable bonds is 4. The standard InChI is InChI=1S/C18H24N4O/c1-13(2)14-5-3-6-15(11-14)20-18(23)21-16-7-4-8-17(16)22-10-9-19-12-22/h3,5-6,9-13,16-17H,4,7-8H2,1-2H3,(H2,20,21,23)/t16-,17+/m1/s1. The van der Waals surface area contributed by atoms with Crippen molar-refractivity contribution in [2.45, 2.75) is 51.1 Å². The normalized spacial score (nSPS) is 20.7. The van der Waals surface area contributed by atoms with Crippen LogP contribution >= 0.6 is 0 Å². The summed E-state index contributed by atoms with van der Waals surface area (Å²) in [6.45, 7) is 4.29. The molecule has 0 aliphatic heterocycles. The molecule has 0 radical (unpaired) electrons. The lowest BCUT2D eigenvalue weighted by Gasteiger charge is -2.22. The van der Waals surface area contributed by atoms with Gasteiger partial charge < -0.3 is 15.2 Å². The number of imidazole rings is 1. The highest BCUT2D eigenvalue weighted by Gasteiger charge is 2.29. The van der Waals surface area contributed by atoms with E-state index >= 15 is 0 Å². The fourth-order valence-electron chi connectivity index (χ4n) is 3.24. The van der Waals surface area contributed by atoms with Crippen LogP contribution in [0.2, 0.25) is 0 Å². The molecular formula is C18H24N4O. The molecule has 5 nitrogen and oxygen atoms in total. The van der Waals surface area contributed by atoms with Gasteiger partial charge in [-0.3, -0.25) is 0 Å². The number of carbonyl (C=O) groups is 1. The number of hydrogen-bond acceptors (Lipinski definition) is 2. The number of aromatic nitrogens is 2. The minimum atomic E-state index is -0.136. The quantitative estimate of drug-likeness (QED) is 0.899. The summed E-state index contributed by atoms with van der Waals surface area (Å²) in [6.07, 6.45) is 8.78. The molecular weight excluding hydrogens is 288 g/mol. The molecule has 1 aliphatic rings. The summed E-state index contributed by atoms with van der Waals surface area (Å²) in [4.78, 5) is 16.4. The van der Waals surface area contributed by atoms with E-state index in [9.17, 15) is 4.79 Å². The van der Waals surface area contributed by atoms with Gasteiger partial charge in [0.05, 0.1) is 18.4 Å². The van der Waals surface area contributed by atoms with E-state index in [1.54, 1.807) is 6.20 Å². The number of amides is 2. The molecule has 3 rings (SSSR count). The van der Waals surface area contributed by atoms with Crippen molar-refractivity contribution in [1.82, 2.24) is 14.9 Å². The predicted molar refractivity (Wildman–Crippen MR) is 91.6 cm³/mol. The van der Waals surface area contributed by atoms with E-state index in [0.717, 1.165) is 24.9 Å². The number of hydrogen-bond donors (Lipinski definition) is 2. The molecule has 1 aromatic carbocycles. The zero-order valence-corrected chi connectivity index (χ0v) is 13.7. The van der Waals surface area contributed by atoms with Crippen LogP contribution in [0, 0.1) is 0 Å². The number of benzene rings is 1. The molecule has 0 saturated heterocycles. The maximum atomic E-state index is 12.3. The topological polar surface area (TPSA) is 59.0 Å². The van der Waals surface area contributed by atoms with Gasteiger partial charge in [-0.1, -0.05) is 26.0 Å². The molecule has 2 N–H and O–H groups in total. The van der Waals surface area contributed by atoms with E-state index in [1.165, 1.54) is 5.56 Å². The molecule has 0 unspecified atom stereocenters. The summed E-state index contributed by atoms with van der Waals surface area (Å²) in [6, 6.07) is 8.33.